The second kappa shape index (κ2) is 5.70. The number of hydrogen-bond acceptors (Lipinski definition) is 1. The summed E-state index contributed by atoms with van der Waals surface area (Å²) in [6.07, 6.45) is 0. The second-order valence-electron chi connectivity index (χ2n) is 4.52. The third-order valence-electron chi connectivity index (χ3n) is 2.97. The predicted molar refractivity (Wildman–Crippen MR) is 77.3 cm³/mol. The number of benzene rings is 2. The summed E-state index contributed by atoms with van der Waals surface area (Å²) in [7, 11) is 0. The third-order valence-corrected chi connectivity index (χ3v) is 3.58. The molecule has 0 aliphatic heterocycles. The molecule has 0 bridgehead atoms. The Kier molecular flexibility index (Phi) is 4.20. The van der Waals surface area contributed by atoms with E-state index in [2.05, 4.69) is 21.2 Å². The fraction of sp³-hybridized carbons (Fsp3) is 0.200. The zero-order valence-electron chi connectivity index (χ0n) is 10.7. The van der Waals surface area contributed by atoms with Crippen molar-refractivity contribution < 1.29 is 8.78 Å². The summed E-state index contributed by atoms with van der Waals surface area (Å²) in [6, 6.07) is 8.18. The lowest BCUT2D eigenvalue weighted by atomic mass is 10.1. The van der Waals surface area contributed by atoms with E-state index >= 15 is 0 Å². The van der Waals surface area contributed by atoms with E-state index < -0.39 is 0 Å². The van der Waals surface area contributed by atoms with E-state index in [1.165, 1.54) is 12.1 Å². The minimum Gasteiger partial charge on any atom is -0.381 e. The van der Waals surface area contributed by atoms with Gasteiger partial charge in [0.2, 0.25) is 0 Å². The van der Waals surface area contributed by atoms with E-state index in [-0.39, 0.29) is 11.6 Å². The van der Waals surface area contributed by atoms with Crippen molar-refractivity contribution in [2.75, 3.05) is 5.32 Å². The van der Waals surface area contributed by atoms with Crippen LogP contribution in [0, 0.1) is 25.5 Å². The van der Waals surface area contributed by atoms with Crippen molar-refractivity contribution in [1.82, 2.24) is 0 Å². The van der Waals surface area contributed by atoms with Gasteiger partial charge in [-0.25, -0.2) is 8.78 Å². The summed E-state index contributed by atoms with van der Waals surface area (Å²) in [6.45, 7) is 4.15. The van der Waals surface area contributed by atoms with Crippen molar-refractivity contribution in [2.24, 2.45) is 0 Å². The number of hydrogen-bond donors (Lipinski definition) is 1. The smallest absolute Gasteiger partial charge is 0.137 e. The van der Waals surface area contributed by atoms with Gasteiger partial charge in [-0.1, -0.05) is 12.1 Å². The highest BCUT2D eigenvalue weighted by Gasteiger charge is 2.05. The first kappa shape index (κ1) is 14.0. The molecule has 0 saturated carbocycles. The van der Waals surface area contributed by atoms with Crippen LogP contribution in [0.2, 0.25) is 0 Å². The lowest BCUT2D eigenvalue weighted by molar-refractivity contribution is 0.617. The highest BCUT2D eigenvalue weighted by atomic mass is 79.9. The monoisotopic (exact) mass is 325 g/mol. The molecule has 19 heavy (non-hydrogen) atoms. The van der Waals surface area contributed by atoms with E-state index in [4.69, 9.17) is 0 Å². The van der Waals surface area contributed by atoms with Crippen LogP contribution in [0.1, 0.15) is 16.7 Å². The Morgan fingerprint density at radius 1 is 1.00 bits per heavy atom. The van der Waals surface area contributed by atoms with Crippen LogP contribution in [0.5, 0.6) is 0 Å². The lowest BCUT2D eigenvalue weighted by Gasteiger charge is -2.11. The Labute approximate surface area is 119 Å². The predicted octanol–water partition coefficient (Wildman–Crippen LogP) is 4.96. The summed E-state index contributed by atoms with van der Waals surface area (Å²) in [5.41, 5.74) is 3.30. The average Bonchev–Trinajstić information content (AvgIpc) is 2.36. The molecule has 1 N–H and O–H groups in total. The molecule has 2 aromatic carbocycles. The van der Waals surface area contributed by atoms with Crippen LogP contribution in [-0.4, -0.2) is 0 Å². The van der Waals surface area contributed by atoms with Crippen molar-refractivity contribution in [2.45, 2.75) is 20.4 Å². The van der Waals surface area contributed by atoms with Crippen LogP contribution in [0.25, 0.3) is 0 Å². The first-order valence-electron chi connectivity index (χ1n) is 5.92. The standard InChI is InChI=1S/C15H14BrF2N/c1-9-5-11(3-4-13(9)17)8-19-15-7-12(16)14(18)6-10(15)2/h3-7,19H,8H2,1-2H3. The maximum atomic E-state index is 13.3. The van der Waals surface area contributed by atoms with Crippen molar-refractivity contribution in [3.05, 3.63) is 63.1 Å². The highest BCUT2D eigenvalue weighted by molar-refractivity contribution is 9.10. The van der Waals surface area contributed by atoms with Crippen molar-refractivity contribution in [3.8, 4) is 0 Å². The lowest BCUT2D eigenvalue weighted by Crippen LogP contribution is -2.02. The Morgan fingerprint density at radius 2 is 1.74 bits per heavy atom. The maximum absolute atomic E-state index is 13.3. The first-order valence-corrected chi connectivity index (χ1v) is 6.71. The third kappa shape index (κ3) is 3.32. The van der Waals surface area contributed by atoms with Gasteiger partial charge >= 0.3 is 0 Å². The van der Waals surface area contributed by atoms with Crippen LogP contribution >= 0.6 is 15.9 Å². The Bertz CT molecular complexity index is 611. The summed E-state index contributed by atoms with van der Waals surface area (Å²) in [5, 5.41) is 3.22. The van der Waals surface area contributed by atoms with Gasteiger partial charge in [0.1, 0.15) is 11.6 Å². The summed E-state index contributed by atoms with van der Waals surface area (Å²) < 4.78 is 26.9. The van der Waals surface area contributed by atoms with Gasteiger partial charge in [0, 0.05) is 12.2 Å². The number of anilines is 1. The van der Waals surface area contributed by atoms with E-state index in [0.29, 0.717) is 16.6 Å². The Balaban J connectivity index is 2.14. The molecule has 0 aromatic heterocycles. The topological polar surface area (TPSA) is 12.0 Å². The van der Waals surface area contributed by atoms with Crippen LogP contribution < -0.4 is 5.32 Å². The normalized spacial score (nSPS) is 10.6. The maximum Gasteiger partial charge on any atom is 0.137 e. The highest BCUT2D eigenvalue weighted by Crippen LogP contribution is 2.24. The van der Waals surface area contributed by atoms with Gasteiger partial charge in [-0.05, 0) is 64.7 Å². The molecule has 0 fully saturated rings. The van der Waals surface area contributed by atoms with Crippen LogP contribution in [0.3, 0.4) is 0 Å². The van der Waals surface area contributed by atoms with Gasteiger partial charge in [-0.15, -0.1) is 0 Å². The summed E-state index contributed by atoms with van der Waals surface area (Å²) >= 11 is 3.16. The molecule has 100 valence electrons. The Morgan fingerprint density at radius 3 is 2.42 bits per heavy atom. The molecule has 0 aliphatic carbocycles. The average molecular weight is 326 g/mol. The molecular formula is C15H14BrF2N. The van der Waals surface area contributed by atoms with Gasteiger partial charge in [-0.3, -0.25) is 0 Å². The molecule has 0 unspecified atom stereocenters. The Hall–Kier alpha value is -1.42. The SMILES string of the molecule is Cc1cc(CNc2cc(Br)c(F)cc2C)ccc1F. The summed E-state index contributed by atoms with van der Waals surface area (Å²) in [4.78, 5) is 0. The van der Waals surface area contributed by atoms with E-state index in [0.717, 1.165) is 16.8 Å². The molecule has 2 rings (SSSR count). The van der Waals surface area contributed by atoms with Crippen molar-refractivity contribution in [1.29, 1.82) is 0 Å². The van der Waals surface area contributed by atoms with E-state index in [1.54, 1.807) is 25.1 Å². The quantitative estimate of drug-likeness (QED) is 0.841. The zero-order chi connectivity index (χ0) is 14.0. The molecule has 1 nitrogen and oxygen atoms in total. The molecule has 4 heteroatoms. The van der Waals surface area contributed by atoms with Gasteiger partial charge in [0.05, 0.1) is 4.47 Å². The largest absolute Gasteiger partial charge is 0.381 e. The van der Waals surface area contributed by atoms with Crippen LogP contribution in [0.4, 0.5) is 14.5 Å². The van der Waals surface area contributed by atoms with Gasteiger partial charge in [-0.2, -0.15) is 0 Å². The van der Waals surface area contributed by atoms with Crippen molar-refractivity contribution in [3.63, 3.8) is 0 Å². The minimum absolute atomic E-state index is 0.204. The minimum atomic E-state index is -0.277. The molecular weight excluding hydrogens is 312 g/mol. The molecule has 0 radical (unpaired) electrons. The molecule has 0 spiro atoms. The second-order valence-corrected chi connectivity index (χ2v) is 5.37. The number of aryl methyl sites for hydroxylation is 2. The molecule has 0 atom stereocenters. The van der Waals surface area contributed by atoms with Gasteiger partial charge in [0.15, 0.2) is 0 Å². The molecule has 2 aromatic rings. The number of nitrogens with one attached hydrogen (secondary N) is 1. The molecule has 0 amide bonds. The molecule has 0 heterocycles. The van der Waals surface area contributed by atoms with Gasteiger partial charge < -0.3 is 5.32 Å². The number of halogens is 3. The van der Waals surface area contributed by atoms with Crippen LogP contribution in [0.15, 0.2) is 34.8 Å². The van der Waals surface area contributed by atoms with E-state index in [1.807, 2.05) is 6.92 Å². The van der Waals surface area contributed by atoms with Crippen molar-refractivity contribution >= 4 is 21.6 Å². The molecule has 0 saturated heterocycles. The van der Waals surface area contributed by atoms with Crippen LogP contribution in [-0.2, 0) is 6.54 Å². The fourth-order valence-electron chi connectivity index (χ4n) is 1.85. The fourth-order valence-corrected chi connectivity index (χ4v) is 2.19. The molecule has 0 aliphatic rings. The first-order chi connectivity index (χ1) is 8.97. The number of rotatable bonds is 3. The zero-order valence-corrected chi connectivity index (χ0v) is 12.3. The van der Waals surface area contributed by atoms with Gasteiger partial charge in [0.25, 0.3) is 0 Å². The summed E-state index contributed by atoms with van der Waals surface area (Å²) in [5.74, 6) is -0.481. The van der Waals surface area contributed by atoms with E-state index in [9.17, 15) is 8.78 Å².